The van der Waals surface area contributed by atoms with Crippen LogP contribution in [0.4, 0.5) is 0 Å². The Morgan fingerprint density at radius 1 is 1.50 bits per heavy atom. The van der Waals surface area contributed by atoms with Gasteiger partial charge in [0.15, 0.2) is 0 Å². The van der Waals surface area contributed by atoms with E-state index in [9.17, 15) is 4.79 Å². The molecule has 0 amide bonds. The molecule has 1 unspecified atom stereocenters. The van der Waals surface area contributed by atoms with Gasteiger partial charge in [-0.25, -0.2) is 4.79 Å². The average Bonchev–Trinajstić information content (AvgIpc) is 2.16. The first-order chi connectivity index (χ1) is 5.61. The lowest BCUT2D eigenvalue weighted by Gasteiger charge is -2.02. The van der Waals surface area contributed by atoms with Crippen molar-refractivity contribution in [3.63, 3.8) is 0 Å². The molecular formula is C10H12O2. The molecule has 1 N–H and O–H groups in total. The van der Waals surface area contributed by atoms with Gasteiger partial charge in [-0.15, -0.1) is 0 Å². The van der Waals surface area contributed by atoms with Crippen LogP contribution < -0.4 is 0 Å². The molecule has 0 saturated carbocycles. The second kappa shape index (κ2) is 3.39. The predicted octanol–water partition coefficient (Wildman–Crippen LogP) is 2.15. The van der Waals surface area contributed by atoms with Crippen LogP contribution in [-0.4, -0.2) is 11.1 Å². The van der Waals surface area contributed by atoms with Crippen molar-refractivity contribution in [1.29, 1.82) is 0 Å². The standard InChI is InChI=1S/C10H12O2/c1-7-3-5-9(10(11)12)6-4-8(7)2/h3-7H,1-2H3,(H,11,12). The van der Waals surface area contributed by atoms with Gasteiger partial charge in [-0.05, 0) is 18.9 Å². The summed E-state index contributed by atoms with van der Waals surface area (Å²) in [5.74, 6) is -0.539. The molecule has 0 aromatic rings. The number of hydrogen-bond donors (Lipinski definition) is 1. The van der Waals surface area contributed by atoms with Gasteiger partial charge < -0.3 is 5.11 Å². The third kappa shape index (κ3) is 1.84. The van der Waals surface area contributed by atoms with E-state index >= 15 is 0 Å². The highest BCUT2D eigenvalue weighted by Gasteiger charge is 2.07. The Bertz CT molecular complexity index is 282. The summed E-state index contributed by atoms with van der Waals surface area (Å²) in [6.07, 6.45) is 7.05. The Balaban J connectivity index is 2.96. The maximum atomic E-state index is 10.6. The van der Waals surface area contributed by atoms with E-state index in [0.717, 1.165) is 0 Å². The van der Waals surface area contributed by atoms with Gasteiger partial charge in [-0.3, -0.25) is 0 Å². The van der Waals surface area contributed by atoms with Gasteiger partial charge in [0.25, 0.3) is 0 Å². The third-order valence-electron chi connectivity index (χ3n) is 2.06. The van der Waals surface area contributed by atoms with E-state index in [1.165, 1.54) is 5.57 Å². The molecule has 0 spiro atoms. The lowest BCUT2D eigenvalue weighted by molar-refractivity contribution is -0.132. The highest BCUT2D eigenvalue weighted by Crippen LogP contribution is 2.16. The van der Waals surface area contributed by atoms with E-state index in [0.29, 0.717) is 11.5 Å². The van der Waals surface area contributed by atoms with Crippen LogP contribution in [0.25, 0.3) is 0 Å². The second-order valence-electron chi connectivity index (χ2n) is 2.99. The molecule has 1 aliphatic rings. The van der Waals surface area contributed by atoms with Crippen LogP contribution in [0.2, 0.25) is 0 Å². The zero-order valence-electron chi connectivity index (χ0n) is 7.24. The molecule has 0 aliphatic heterocycles. The summed E-state index contributed by atoms with van der Waals surface area (Å²) >= 11 is 0. The molecule has 0 saturated heterocycles. The predicted molar refractivity (Wildman–Crippen MR) is 47.8 cm³/mol. The molecule has 64 valence electrons. The quantitative estimate of drug-likeness (QED) is 0.644. The molecule has 0 bridgehead atoms. The molecule has 0 heterocycles. The molecule has 2 heteroatoms. The summed E-state index contributed by atoms with van der Waals surface area (Å²) in [7, 11) is 0. The lowest BCUT2D eigenvalue weighted by Crippen LogP contribution is -1.96. The maximum absolute atomic E-state index is 10.6. The van der Waals surface area contributed by atoms with Crippen LogP contribution in [0.15, 0.2) is 35.5 Å². The highest BCUT2D eigenvalue weighted by molar-refractivity contribution is 5.90. The first kappa shape index (κ1) is 8.78. The van der Waals surface area contributed by atoms with Gasteiger partial charge in [-0.2, -0.15) is 0 Å². The van der Waals surface area contributed by atoms with E-state index in [4.69, 9.17) is 5.11 Å². The van der Waals surface area contributed by atoms with E-state index < -0.39 is 5.97 Å². The summed E-state index contributed by atoms with van der Waals surface area (Å²) in [6.45, 7) is 4.04. The first-order valence-corrected chi connectivity index (χ1v) is 3.91. The molecular weight excluding hydrogens is 152 g/mol. The van der Waals surface area contributed by atoms with Crippen LogP contribution in [0.1, 0.15) is 13.8 Å². The molecule has 12 heavy (non-hydrogen) atoms. The Kier molecular flexibility index (Phi) is 2.48. The Morgan fingerprint density at radius 2 is 2.17 bits per heavy atom. The summed E-state index contributed by atoms with van der Waals surface area (Å²) in [5, 5.41) is 8.69. The topological polar surface area (TPSA) is 37.3 Å². The van der Waals surface area contributed by atoms with Gasteiger partial charge in [-0.1, -0.05) is 30.7 Å². The van der Waals surface area contributed by atoms with E-state index in [1.54, 1.807) is 12.2 Å². The largest absolute Gasteiger partial charge is 0.478 e. The first-order valence-electron chi connectivity index (χ1n) is 3.91. The number of carboxylic acids is 1. The Morgan fingerprint density at radius 3 is 2.75 bits per heavy atom. The molecule has 0 aromatic carbocycles. The van der Waals surface area contributed by atoms with Crippen molar-refractivity contribution in [2.24, 2.45) is 5.92 Å². The Hall–Kier alpha value is -1.31. The van der Waals surface area contributed by atoms with Crippen molar-refractivity contribution in [3.8, 4) is 0 Å². The molecule has 1 atom stereocenters. The normalized spacial score (nSPS) is 22.7. The van der Waals surface area contributed by atoms with Crippen molar-refractivity contribution in [3.05, 3.63) is 35.5 Å². The number of aliphatic carboxylic acids is 1. The van der Waals surface area contributed by atoms with Crippen molar-refractivity contribution in [2.45, 2.75) is 13.8 Å². The van der Waals surface area contributed by atoms with Crippen LogP contribution >= 0.6 is 0 Å². The van der Waals surface area contributed by atoms with Crippen LogP contribution in [0.3, 0.4) is 0 Å². The van der Waals surface area contributed by atoms with Crippen LogP contribution in [-0.2, 0) is 4.79 Å². The number of hydrogen-bond acceptors (Lipinski definition) is 1. The van der Waals surface area contributed by atoms with Gasteiger partial charge in [0.05, 0.1) is 5.57 Å². The smallest absolute Gasteiger partial charge is 0.335 e. The number of carbonyl (C=O) groups is 1. The van der Waals surface area contributed by atoms with E-state index in [2.05, 4.69) is 0 Å². The summed E-state index contributed by atoms with van der Waals surface area (Å²) in [5.41, 5.74) is 1.53. The summed E-state index contributed by atoms with van der Waals surface area (Å²) < 4.78 is 0. The molecule has 0 fully saturated rings. The SMILES string of the molecule is CC1=CC=C(C(=O)O)C=CC1C. The highest BCUT2D eigenvalue weighted by atomic mass is 16.4. The van der Waals surface area contributed by atoms with Crippen LogP contribution in [0, 0.1) is 5.92 Å². The van der Waals surface area contributed by atoms with Gasteiger partial charge in [0.2, 0.25) is 0 Å². The zero-order valence-corrected chi connectivity index (χ0v) is 7.24. The van der Waals surface area contributed by atoms with Gasteiger partial charge in [0, 0.05) is 0 Å². The number of allylic oxidation sites excluding steroid dienone is 4. The zero-order chi connectivity index (χ0) is 9.14. The fourth-order valence-electron chi connectivity index (χ4n) is 0.971. The minimum atomic E-state index is -0.871. The van der Waals surface area contributed by atoms with Crippen molar-refractivity contribution < 1.29 is 9.90 Å². The fraction of sp³-hybridized carbons (Fsp3) is 0.300. The monoisotopic (exact) mass is 164 g/mol. The van der Waals surface area contributed by atoms with E-state index in [-0.39, 0.29) is 0 Å². The third-order valence-corrected chi connectivity index (χ3v) is 2.06. The minimum Gasteiger partial charge on any atom is -0.478 e. The average molecular weight is 164 g/mol. The van der Waals surface area contributed by atoms with Crippen molar-refractivity contribution >= 4 is 5.97 Å². The number of carboxylic acid groups (broad SMARTS) is 1. The van der Waals surface area contributed by atoms with Crippen molar-refractivity contribution in [1.82, 2.24) is 0 Å². The van der Waals surface area contributed by atoms with Crippen molar-refractivity contribution in [2.75, 3.05) is 0 Å². The lowest BCUT2D eigenvalue weighted by atomic mass is 10.0. The summed E-state index contributed by atoms with van der Waals surface area (Å²) in [6, 6.07) is 0. The van der Waals surface area contributed by atoms with Gasteiger partial charge >= 0.3 is 5.97 Å². The molecule has 2 nitrogen and oxygen atoms in total. The van der Waals surface area contributed by atoms with E-state index in [1.807, 2.05) is 26.0 Å². The molecule has 0 radical (unpaired) electrons. The number of rotatable bonds is 1. The molecule has 1 rings (SSSR count). The summed E-state index contributed by atoms with van der Waals surface area (Å²) in [4.78, 5) is 10.6. The maximum Gasteiger partial charge on any atom is 0.335 e. The molecule has 1 aliphatic carbocycles. The van der Waals surface area contributed by atoms with Crippen LogP contribution in [0.5, 0.6) is 0 Å². The minimum absolute atomic E-state index is 0.332. The second-order valence-corrected chi connectivity index (χ2v) is 2.99. The fourth-order valence-corrected chi connectivity index (χ4v) is 0.971. The van der Waals surface area contributed by atoms with Gasteiger partial charge in [0.1, 0.15) is 0 Å². The molecule has 0 aromatic heterocycles. The Labute approximate surface area is 71.9 Å².